The van der Waals surface area contributed by atoms with Crippen LogP contribution in [0.25, 0.3) is 15.3 Å². The van der Waals surface area contributed by atoms with E-state index in [0.29, 0.717) is 17.4 Å². The molecule has 27 heavy (non-hydrogen) atoms. The first-order valence-electron chi connectivity index (χ1n) is 8.22. The molecule has 0 radical (unpaired) electrons. The van der Waals surface area contributed by atoms with Crippen molar-refractivity contribution in [3.05, 3.63) is 30.0 Å². The van der Waals surface area contributed by atoms with E-state index in [0.717, 1.165) is 21.7 Å². The van der Waals surface area contributed by atoms with Gasteiger partial charge in [0.05, 0.1) is 23.0 Å². The summed E-state index contributed by atoms with van der Waals surface area (Å²) in [5.41, 5.74) is 4.15. The zero-order valence-corrected chi connectivity index (χ0v) is 15.5. The van der Waals surface area contributed by atoms with Crippen molar-refractivity contribution in [1.29, 1.82) is 0 Å². The van der Waals surface area contributed by atoms with Gasteiger partial charge < -0.3 is 10.1 Å². The molecule has 0 fully saturated rings. The van der Waals surface area contributed by atoms with Crippen molar-refractivity contribution in [3.8, 4) is 10.9 Å². The molecule has 3 aromatic rings. The highest BCUT2D eigenvalue weighted by molar-refractivity contribution is 7.20. The molecule has 9 nitrogen and oxygen atoms in total. The Bertz CT molecular complexity index is 1080. The smallest absolute Gasteiger partial charge is 0.273 e. The van der Waals surface area contributed by atoms with Gasteiger partial charge in [-0.25, -0.2) is 10.4 Å². The number of carbonyl (C=O) groups excluding carboxylic acids is 2. The Hall–Kier alpha value is -3.27. The van der Waals surface area contributed by atoms with E-state index in [4.69, 9.17) is 4.74 Å². The average molecular weight is 384 g/mol. The topological polar surface area (TPSA) is 110 Å². The number of carbonyl (C=O) groups is 2. The fraction of sp³-hybridized carbons (Fsp3) is 0.235. The van der Waals surface area contributed by atoms with Gasteiger partial charge in [-0.15, -0.1) is 0 Å². The van der Waals surface area contributed by atoms with Crippen LogP contribution in [0.4, 0.5) is 5.82 Å². The minimum Gasteiger partial charge on any atom is -0.497 e. The lowest BCUT2D eigenvalue weighted by Crippen LogP contribution is -2.33. The zero-order chi connectivity index (χ0) is 19.0. The molecule has 0 unspecified atom stereocenters. The number of aromatic nitrogens is 3. The van der Waals surface area contributed by atoms with Gasteiger partial charge in [0.1, 0.15) is 17.3 Å². The Balaban J connectivity index is 1.65. The number of nitrogens with zero attached hydrogens (tertiary/aromatic N) is 4. The molecule has 0 aliphatic carbocycles. The number of thiazole rings is 1. The molecule has 2 amide bonds. The first kappa shape index (κ1) is 17.2. The molecule has 1 aliphatic rings. The number of benzene rings is 1. The number of rotatable bonds is 4. The summed E-state index contributed by atoms with van der Waals surface area (Å²) < 4.78 is 7.79. The van der Waals surface area contributed by atoms with Crippen LogP contribution < -0.4 is 15.5 Å². The Morgan fingerprint density at radius 2 is 2.19 bits per heavy atom. The van der Waals surface area contributed by atoms with Crippen LogP contribution in [0.2, 0.25) is 0 Å². The Morgan fingerprint density at radius 3 is 2.93 bits per heavy atom. The third-order valence-electron chi connectivity index (χ3n) is 4.01. The molecular formula is C17H16N6O3S. The van der Waals surface area contributed by atoms with Gasteiger partial charge in [-0.3, -0.25) is 9.59 Å². The van der Waals surface area contributed by atoms with Crippen LogP contribution in [0, 0.1) is 6.92 Å². The normalized spacial score (nSPS) is 14.0. The number of nitrogens with one attached hydrogen (secondary N) is 2. The molecular weight excluding hydrogens is 368 g/mol. The molecule has 0 bridgehead atoms. The van der Waals surface area contributed by atoms with Gasteiger partial charge in [0.25, 0.3) is 5.91 Å². The molecule has 0 saturated carbocycles. The maximum absolute atomic E-state index is 12.5. The van der Waals surface area contributed by atoms with Crippen LogP contribution >= 0.6 is 11.3 Å². The van der Waals surface area contributed by atoms with Gasteiger partial charge in [-0.1, -0.05) is 11.3 Å². The van der Waals surface area contributed by atoms with Crippen LogP contribution in [-0.2, 0) is 9.59 Å². The van der Waals surface area contributed by atoms with E-state index in [2.05, 4.69) is 25.9 Å². The molecule has 0 spiro atoms. The first-order valence-corrected chi connectivity index (χ1v) is 9.03. The number of anilines is 1. The predicted octanol–water partition coefficient (Wildman–Crippen LogP) is 2.00. The standard InChI is InChI=1S/C17H16N6O3S/c1-9-7-14(19-16(25)12-5-6-15(24)21-20-12)23(22-9)17-18-11-4-3-10(26-2)8-13(11)27-17/h3-4,7-8H,5-6H2,1-2H3,(H,19,25)(H,21,24). The van der Waals surface area contributed by atoms with E-state index in [9.17, 15) is 9.59 Å². The molecule has 2 N–H and O–H groups in total. The summed E-state index contributed by atoms with van der Waals surface area (Å²) in [6.45, 7) is 1.83. The SMILES string of the molecule is COc1ccc2nc(-n3nc(C)cc3NC(=O)C3=NNC(=O)CC3)sc2c1. The van der Waals surface area contributed by atoms with Crippen molar-refractivity contribution in [2.24, 2.45) is 5.10 Å². The van der Waals surface area contributed by atoms with Gasteiger partial charge in [-0.05, 0) is 25.1 Å². The van der Waals surface area contributed by atoms with Crippen molar-refractivity contribution >= 4 is 44.9 Å². The lowest BCUT2D eigenvalue weighted by molar-refractivity contribution is -0.121. The molecule has 138 valence electrons. The number of fused-ring (bicyclic) bond motifs is 1. The van der Waals surface area contributed by atoms with Gasteiger partial charge in [0.2, 0.25) is 11.0 Å². The summed E-state index contributed by atoms with van der Waals surface area (Å²) >= 11 is 1.44. The number of methoxy groups -OCH3 is 1. The maximum Gasteiger partial charge on any atom is 0.273 e. The largest absolute Gasteiger partial charge is 0.497 e. The minimum absolute atomic E-state index is 0.197. The number of aryl methyl sites for hydroxylation is 1. The molecule has 4 rings (SSSR count). The molecule has 0 atom stereocenters. The van der Waals surface area contributed by atoms with Crippen LogP contribution in [0.3, 0.4) is 0 Å². The van der Waals surface area contributed by atoms with E-state index in [1.807, 2.05) is 25.1 Å². The van der Waals surface area contributed by atoms with E-state index in [1.165, 1.54) is 11.3 Å². The molecule has 10 heteroatoms. The van der Waals surface area contributed by atoms with Crippen LogP contribution in [-0.4, -0.2) is 39.4 Å². The second kappa shape index (κ2) is 6.80. The lowest BCUT2D eigenvalue weighted by atomic mass is 10.1. The third kappa shape index (κ3) is 3.38. The molecule has 3 heterocycles. The average Bonchev–Trinajstić information content (AvgIpc) is 3.24. The van der Waals surface area contributed by atoms with Gasteiger partial charge in [0, 0.05) is 18.9 Å². The van der Waals surface area contributed by atoms with Crippen molar-refractivity contribution in [2.45, 2.75) is 19.8 Å². The second-order valence-electron chi connectivity index (χ2n) is 5.96. The van der Waals surface area contributed by atoms with Crippen LogP contribution in [0.15, 0.2) is 29.4 Å². The quantitative estimate of drug-likeness (QED) is 0.715. The molecule has 2 aromatic heterocycles. The highest BCUT2D eigenvalue weighted by atomic mass is 32.1. The Kier molecular flexibility index (Phi) is 4.32. The van der Waals surface area contributed by atoms with Crippen LogP contribution in [0.1, 0.15) is 18.5 Å². The van der Waals surface area contributed by atoms with Crippen molar-refractivity contribution in [1.82, 2.24) is 20.2 Å². The summed E-state index contributed by atoms with van der Waals surface area (Å²) in [6.07, 6.45) is 0.538. The number of amides is 2. The highest BCUT2D eigenvalue weighted by Crippen LogP contribution is 2.30. The highest BCUT2D eigenvalue weighted by Gasteiger charge is 2.21. The maximum atomic E-state index is 12.5. The Labute approximate surface area is 158 Å². The number of hydrogen-bond acceptors (Lipinski definition) is 7. The van der Waals surface area contributed by atoms with E-state index in [1.54, 1.807) is 17.9 Å². The molecule has 0 saturated heterocycles. The third-order valence-corrected chi connectivity index (χ3v) is 5.00. The second-order valence-corrected chi connectivity index (χ2v) is 6.97. The fourth-order valence-corrected chi connectivity index (χ4v) is 3.63. The van der Waals surface area contributed by atoms with Crippen molar-refractivity contribution in [3.63, 3.8) is 0 Å². The van der Waals surface area contributed by atoms with E-state index < -0.39 is 0 Å². The summed E-state index contributed by atoms with van der Waals surface area (Å²) in [5.74, 6) is 0.666. The summed E-state index contributed by atoms with van der Waals surface area (Å²) in [4.78, 5) is 28.2. The minimum atomic E-state index is -0.376. The van der Waals surface area contributed by atoms with Gasteiger partial charge in [-0.2, -0.15) is 14.9 Å². The van der Waals surface area contributed by atoms with Crippen LogP contribution in [0.5, 0.6) is 5.75 Å². The van der Waals surface area contributed by atoms with Crippen molar-refractivity contribution in [2.75, 3.05) is 12.4 Å². The summed E-state index contributed by atoms with van der Waals surface area (Å²) in [7, 11) is 1.62. The van der Waals surface area contributed by atoms with Crippen molar-refractivity contribution < 1.29 is 14.3 Å². The van der Waals surface area contributed by atoms with Gasteiger partial charge in [0.15, 0.2) is 0 Å². The molecule has 1 aliphatic heterocycles. The first-order chi connectivity index (χ1) is 13.0. The number of ether oxygens (including phenoxy) is 1. The number of hydrazone groups is 1. The van der Waals surface area contributed by atoms with E-state index in [-0.39, 0.29) is 23.9 Å². The summed E-state index contributed by atoms with van der Waals surface area (Å²) in [6, 6.07) is 7.39. The van der Waals surface area contributed by atoms with Gasteiger partial charge >= 0.3 is 0 Å². The monoisotopic (exact) mass is 384 g/mol. The fourth-order valence-electron chi connectivity index (χ4n) is 2.67. The Morgan fingerprint density at radius 1 is 1.33 bits per heavy atom. The predicted molar refractivity (Wildman–Crippen MR) is 101 cm³/mol. The molecule has 1 aromatic carbocycles. The lowest BCUT2D eigenvalue weighted by Gasteiger charge is -2.12. The summed E-state index contributed by atoms with van der Waals surface area (Å²) in [5, 5.41) is 11.7. The zero-order valence-electron chi connectivity index (χ0n) is 14.6. The number of hydrogen-bond donors (Lipinski definition) is 2. The van der Waals surface area contributed by atoms with E-state index >= 15 is 0 Å².